The summed E-state index contributed by atoms with van der Waals surface area (Å²) in [5.74, 6) is -0.956. The summed E-state index contributed by atoms with van der Waals surface area (Å²) in [6.45, 7) is 0. The van der Waals surface area contributed by atoms with Crippen molar-refractivity contribution in [3.05, 3.63) is 36.0 Å². The van der Waals surface area contributed by atoms with Crippen LogP contribution >= 0.6 is 0 Å². The lowest BCUT2D eigenvalue weighted by Gasteiger charge is -2.04. The van der Waals surface area contributed by atoms with Gasteiger partial charge < -0.3 is 10.8 Å². The lowest BCUT2D eigenvalue weighted by atomic mass is 10.1. The number of hydrogen-bond donors (Lipinski definition) is 2. The zero-order chi connectivity index (χ0) is 11.7. The van der Waals surface area contributed by atoms with Crippen LogP contribution in [-0.2, 0) is 7.05 Å². The Morgan fingerprint density at radius 3 is 2.81 bits per heavy atom. The Morgan fingerprint density at radius 2 is 2.25 bits per heavy atom. The second kappa shape index (κ2) is 3.69. The molecule has 1 aromatic carbocycles. The molecule has 0 saturated carbocycles. The zero-order valence-corrected chi connectivity index (χ0v) is 8.71. The fourth-order valence-electron chi connectivity index (χ4n) is 1.61. The zero-order valence-electron chi connectivity index (χ0n) is 8.71. The molecule has 0 fully saturated rings. The first-order valence-corrected chi connectivity index (χ1v) is 4.71. The van der Waals surface area contributed by atoms with Gasteiger partial charge in [-0.3, -0.25) is 4.68 Å². The van der Waals surface area contributed by atoms with Gasteiger partial charge in [-0.05, 0) is 12.1 Å². The molecule has 82 valence electrons. The second-order valence-electron chi connectivity index (χ2n) is 3.46. The number of aromatic carboxylic acids is 1. The first-order chi connectivity index (χ1) is 7.59. The molecule has 1 heterocycles. The van der Waals surface area contributed by atoms with Gasteiger partial charge in [-0.1, -0.05) is 12.1 Å². The molecule has 0 amide bonds. The number of carboxylic acids is 1. The van der Waals surface area contributed by atoms with E-state index in [4.69, 9.17) is 10.8 Å². The molecule has 0 aliphatic carbocycles. The van der Waals surface area contributed by atoms with E-state index in [0.717, 1.165) is 11.3 Å². The molecule has 0 radical (unpaired) electrons. The van der Waals surface area contributed by atoms with E-state index < -0.39 is 5.97 Å². The molecule has 0 spiro atoms. The molecule has 3 N–H and O–H groups in total. The van der Waals surface area contributed by atoms with Crippen molar-refractivity contribution in [1.82, 2.24) is 9.78 Å². The van der Waals surface area contributed by atoms with E-state index in [-0.39, 0.29) is 5.56 Å². The highest BCUT2D eigenvalue weighted by molar-refractivity contribution is 5.89. The minimum absolute atomic E-state index is 0.234. The minimum atomic E-state index is -0.956. The molecule has 1 aromatic heterocycles. The Hall–Kier alpha value is -2.30. The lowest BCUT2D eigenvalue weighted by Crippen LogP contribution is -1.99. The second-order valence-corrected chi connectivity index (χ2v) is 3.46. The van der Waals surface area contributed by atoms with E-state index in [1.54, 1.807) is 42.2 Å². The minimum Gasteiger partial charge on any atom is -0.478 e. The van der Waals surface area contributed by atoms with E-state index in [2.05, 4.69) is 5.10 Å². The van der Waals surface area contributed by atoms with Gasteiger partial charge in [0.1, 0.15) is 0 Å². The third kappa shape index (κ3) is 1.63. The van der Waals surface area contributed by atoms with Gasteiger partial charge in [0.05, 0.1) is 23.1 Å². The Bertz CT molecular complexity index is 526. The van der Waals surface area contributed by atoms with Gasteiger partial charge in [-0.2, -0.15) is 5.10 Å². The predicted octanol–water partition coefficient (Wildman–Crippen LogP) is 1.37. The molecule has 0 aliphatic heterocycles. The Kier molecular flexibility index (Phi) is 2.36. The van der Waals surface area contributed by atoms with E-state index in [0.29, 0.717) is 5.69 Å². The summed E-state index contributed by atoms with van der Waals surface area (Å²) < 4.78 is 1.62. The van der Waals surface area contributed by atoms with Gasteiger partial charge >= 0.3 is 5.97 Å². The number of hydrogen-bond acceptors (Lipinski definition) is 3. The topological polar surface area (TPSA) is 81.1 Å². The highest BCUT2D eigenvalue weighted by atomic mass is 16.4. The molecular formula is C11H11N3O2. The van der Waals surface area contributed by atoms with Crippen LogP contribution in [0.3, 0.4) is 0 Å². The van der Waals surface area contributed by atoms with Crippen LogP contribution in [0.1, 0.15) is 10.4 Å². The molecule has 0 unspecified atom stereocenters. The van der Waals surface area contributed by atoms with E-state index >= 15 is 0 Å². The average Bonchev–Trinajstić information content (AvgIpc) is 2.59. The lowest BCUT2D eigenvalue weighted by molar-refractivity contribution is 0.0697. The summed E-state index contributed by atoms with van der Waals surface area (Å²) in [5.41, 5.74) is 8.01. The molecule has 0 bridgehead atoms. The van der Waals surface area contributed by atoms with Gasteiger partial charge in [0.25, 0.3) is 0 Å². The third-order valence-electron chi connectivity index (χ3n) is 2.35. The molecular weight excluding hydrogens is 206 g/mol. The van der Waals surface area contributed by atoms with Crippen molar-refractivity contribution in [2.24, 2.45) is 7.05 Å². The number of nitrogens with two attached hydrogens (primary N) is 1. The van der Waals surface area contributed by atoms with Crippen LogP contribution in [0.5, 0.6) is 0 Å². The molecule has 5 nitrogen and oxygen atoms in total. The van der Waals surface area contributed by atoms with Crippen LogP contribution < -0.4 is 5.73 Å². The molecule has 2 aromatic rings. The molecule has 5 heteroatoms. The van der Waals surface area contributed by atoms with Crippen LogP contribution in [0, 0.1) is 0 Å². The fraction of sp³-hybridized carbons (Fsp3) is 0.0909. The summed E-state index contributed by atoms with van der Waals surface area (Å²) in [6.07, 6.45) is 1.54. The average molecular weight is 217 g/mol. The largest absolute Gasteiger partial charge is 0.478 e. The number of carboxylic acid groups (broad SMARTS) is 1. The number of nitrogens with zero attached hydrogens (tertiary/aromatic N) is 2. The summed E-state index contributed by atoms with van der Waals surface area (Å²) in [7, 11) is 1.76. The summed E-state index contributed by atoms with van der Waals surface area (Å²) in [6, 6.07) is 6.61. The molecule has 0 saturated heterocycles. The first kappa shape index (κ1) is 10.2. The third-order valence-corrected chi connectivity index (χ3v) is 2.35. The maximum absolute atomic E-state index is 10.8. The maximum Gasteiger partial charge on any atom is 0.335 e. The van der Waals surface area contributed by atoms with Gasteiger partial charge in [-0.15, -0.1) is 0 Å². The van der Waals surface area contributed by atoms with Crippen molar-refractivity contribution in [3.8, 4) is 11.3 Å². The highest BCUT2D eigenvalue weighted by Gasteiger charge is 2.10. The van der Waals surface area contributed by atoms with Crippen molar-refractivity contribution in [3.63, 3.8) is 0 Å². The smallest absolute Gasteiger partial charge is 0.335 e. The highest BCUT2D eigenvalue weighted by Crippen LogP contribution is 2.25. The van der Waals surface area contributed by atoms with E-state index in [1.807, 2.05) is 0 Å². The molecule has 0 aliphatic rings. The van der Waals surface area contributed by atoms with E-state index in [1.165, 1.54) is 0 Å². The van der Waals surface area contributed by atoms with Gasteiger partial charge in [0, 0.05) is 12.6 Å². The van der Waals surface area contributed by atoms with Gasteiger partial charge in [-0.25, -0.2) is 4.79 Å². The number of benzene rings is 1. The number of nitrogen functional groups attached to an aromatic ring is 1. The Morgan fingerprint density at radius 1 is 1.50 bits per heavy atom. The summed E-state index contributed by atoms with van der Waals surface area (Å²) >= 11 is 0. The van der Waals surface area contributed by atoms with Crippen molar-refractivity contribution in [2.45, 2.75) is 0 Å². The number of aryl methyl sites for hydroxylation is 1. The van der Waals surface area contributed by atoms with Gasteiger partial charge in [0.2, 0.25) is 0 Å². The van der Waals surface area contributed by atoms with E-state index in [9.17, 15) is 4.79 Å². The monoisotopic (exact) mass is 217 g/mol. The molecule has 16 heavy (non-hydrogen) atoms. The van der Waals surface area contributed by atoms with Crippen LogP contribution in [0.2, 0.25) is 0 Å². The van der Waals surface area contributed by atoms with Crippen LogP contribution in [0.25, 0.3) is 11.3 Å². The van der Waals surface area contributed by atoms with Crippen molar-refractivity contribution in [2.75, 3.05) is 5.73 Å². The normalized spacial score (nSPS) is 10.3. The SMILES string of the molecule is Cn1ncc(N)c1-c1cccc(C(=O)O)c1. The fourth-order valence-corrected chi connectivity index (χ4v) is 1.61. The molecule has 0 atom stereocenters. The standard InChI is InChI=1S/C11H11N3O2/c1-14-10(9(12)6-13-14)7-3-2-4-8(5-7)11(15)16/h2-6H,12H2,1H3,(H,15,16). The Labute approximate surface area is 92.1 Å². The first-order valence-electron chi connectivity index (χ1n) is 4.71. The van der Waals surface area contributed by atoms with Gasteiger partial charge in [0.15, 0.2) is 0 Å². The van der Waals surface area contributed by atoms with Crippen LogP contribution in [-0.4, -0.2) is 20.9 Å². The van der Waals surface area contributed by atoms with Crippen LogP contribution in [0.15, 0.2) is 30.5 Å². The predicted molar refractivity (Wildman–Crippen MR) is 60.0 cm³/mol. The number of rotatable bonds is 2. The number of carbonyl (C=O) groups is 1. The number of anilines is 1. The van der Waals surface area contributed by atoms with Crippen molar-refractivity contribution >= 4 is 11.7 Å². The number of aromatic nitrogens is 2. The Balaban J connectivity index is 2.57. The summed E-state index contributed by atoms with van der Waals surface area (Å²) in [5, 5.41) is 12.9. The quantitative estimate of drug-likeness (QED) is 0.796. The molecule has 2 rings (SSSR count). The van der Waals surface area contributed by atoms with Crippen molar-refractivity contribution in [1.29, 1.82) is 0 Å². The maximum atomic E-state index is 10.8. The summed E-state index contributed by atoms with van der Waals surface area (Å²) in [4.78, 5) is 10.8. The van der Waals surface area contributed by atoms with Crippen LogP contribution in [0.4, 0.5) is 5.69 Å². The van der Waals surface area contributed by atoms with Crippen molar-refractivity contribution < 1.29 is 9.90 Å².